The molecule has 0 aliphatic rings. The van der Waals surface area contributed by atoms with Gasteiger partial charge in [-0.15, -0.1) is 0 Å². The predicted octanol–water partition coefficient (Wildman–Crippen LogP) is 14.6. The van der Waals surface area contributed by atoms with Crippen molar-refractivity contribution in [3.63, 3.8) is 0 Å². The van der Waals surface area contributed by atoms with E-state index >= 15 is 0 Å². The van der Waals surface area contributed by atoms with Crippen LogP contribution in [0.1, 0.15) is 232 Å². The molecule has 0 aromatic carbocycles. The molecular weight excluding hydrogens is 763 g/mol. The van der Waals surface area contributed by atoms with Gasteiger partial charge in [0, 0.05) is 19.3 Å². The number of allylic oxidation sites excluding steroid dienone is 6. The smallest absolute Gasteiger partial charge is 0.362 e. The van der Waals surface area contributed by atoms with E-state index < -0.39 is 18.1 Å². The highest BCUT2D eigenvalue weighted by atomic mass is 16.6. The molecule has 0 radical (unpaired) electrons. The summed E-state index contributed by atoms with van der Waals surface area (Å²) >= 11 is 0. The number of aliphatic carboxylic acids is 1. The number of carboxylic acid groups (broad SMARTS) is 1. The third-order valence-corrected chi connectivity index (χ3v) is 11.6. The monoisotopic (exact) mass is 861 g/mol. The molecule has 0 bridgehead atoms. The van der Waals surface area contributed by atoms with Crippen molar-refractivity contribution in [1.29, 1.82) is 0 Å². The second-order valence-electron chi connectivity index (χ2n) is 18.4. The molecule has 0 fully saturated rings. The minimum atomic E-state index is -0.873. The van der Waals surface area contributed by atoms with Crippen molar-refractivity contribution in [2.75, 3.05) is 41.0 Å². The lowest BCUT2D eigenvalue weighted by Gasteiger charge is -2.31. The van der Waals surface area contributed by atoms with Gasteiger partial charge in [0.15, 0.2) is 12.1 Å². The first-order valence-electron chi connectivity index (χ1n) is 25.5. The van der Waals surface area contributed by atoms with Gasteiger partial charge in [-0.1, -0.05) is 204 Å². The molecule has 0 aliphatic carbocycles. The fourth-order valence-corrected chi connectivity index (χ4v) is 7.64. The highest BCUT2D eigenvalue weighted by Gasteiger charge is 2.31. The molecule has 61 heavy (non-hydrogen) atoms. The van der Waals surface area contributed by atoms with Crippen molar-refractivity contribution >= 4 is 17.9 Å². The molecule has 0 aliphatic heterocycles. The number of ether oxygens (including phenoxy) is 3. The molecule has 8 nitrogen and oxygen atoms in total. The molecule has 0 aromatic rings. The van der Waals surface area contributed by atoms with Crippen LogP contribution in [-0.4, -0.2) is 80.6 Å². The average molecular weight is 861 g/mol. The summed E-state index contributed by atoms with van der Waals surface area (Å²) in [6.07, 6.45) is 51.9. The van der Waals surface area contributed by atoms with E-state index in [1.165, 1.54) is 141 Å². The van der Waals surface area contributed by atoms with Crippen LogP contribution in [0.25, 0.3) is 0 Å². The highest BCUT2D eigenvalue weighted by Crippen LogP contribution is 2.16. The molecule has 2 atom stereocenters. The van der Waals surface area contributed by atoms with E-state index in [0.29, 0.717) is 19.3 Å². The molecule has 0 amide bonds. The fraction of sp³-hybridized carbons (Fsp3) is 0.830. The normalized spacial score (nSPS) is 13.1. The maximum atomic E-state index is 12.8. The minimum absolute atomic E-state index is 0.0487. The van der Waals surface area contributed by atoms with E-state index in [2.05, 4.69) is 50.3 Å². The first-order chi connectivity index (χ1) is 29.6. The molecule has 0 aromatic heterocycles. The molecule has 0 spiro atoms. The molecule has 0 rings (SSSR count). The predicted molar refractivity (Wildman–Crippen MR) is 257 cm³/mol. The molecule has 0 heterocycles. The van der Waals surface area contributed by atoms with E-state index in [4.69, 9.17) is 14.2 Å². The first kappa shape index (κ1) is 58.6. The van der Waals surface area contributed by atoms with Gasteiger partial charge in [-0.25, -0.2) is 4.79 Å². The number of hydrogen-bond acceptors (Lipinski definition) is 6. The highest BCUT2D eigenvalue weighted by molar-refractivity contribution is 5.72. The molecule has 1 N–H and O–H groups in total. The van der Waals surface area contributed by atoms with Crippen molar-refractivity contribution < 1.29 is 38.2 Å². The molecule has 0 saturated carbocycles. The van der Waals surface area contributed by atoms with Gasteiger partial charge in [0.1, 0.15) is 6.61 Å². The zero-order valence-corrected chi connectivity index (χ0v) is 40.6. The van der Waals surface area contributed by atoms with Crippen LogP contribution in [0.5, 0.6) is 0 Å². The Bertz CT molecular complexity index is 1090. The molecule has 2 unspecified atom stereocenters. The molecular formula is C53H98NO7+. The summed E-state index contributed by atoms with van der Waals surface area (Å²) in [6, 6.07) is -0.613. The van der Waals surface area contributed by atoms with E-state index in [1.54, 1.807) is 0 Å². The van der Waals surface area contributed by atoms with E-state index in [1.807, 2.05) is 21.1 Å². The fourth-order valence-electron chi connectivity index (χ4n) is 7.64. The van der Waals surface area contributed by atoms with Crippen molar-refractivity contribution in [3.8, 4) is 0 Å². The zero-order valence-electron chi connectivity index (χ0n) is 40.6. The Morgan fingerprint density at radius 3 is 1.36 bits per heavy atom. The maximum Gasteiger partial charge on any atom is 0.362 e. The van der Waals surface area contributed by atoms with Gasteiger partial charge in [0.05, 0.1) is 34.4 Å². The van der Waals surface area contributed by atoms with Crippen molar-refractivity contribution in [2.45, 2.75) is 244 Å². The summed E-state index contributed by atoms with van der Waals surface area (Å²) in [4.78, 5) is 37.1. The topological polar surface area (TPSA) is 99.1 Å². The lowest BCUT2D eigenvalue weighted by Crippen LogP contribution is -2.50. The Balaban J connectivity index is 4.21. The summed E-state index contributed by atoms with van der Waals surface area (Å²) in [7, 11) is 5.54. The summed E-state index contributed by atoms with van der Waals surface area (Å²) in [5.74, 6) is -1.46. The lowest BCUT2D eigenvalue weighted by molar-refractivity contribution is -0.887. The Labute approximate surface area is 376 Å². The zero-order chi connectivity index (χ0) is 44.9. The van der Waals surface area contributed by atoms with Crippen LogP contribution in [-0.2, 0) is 28.6 Å². The number of carbonyl (C=O) groups is 3. The van der Waals surface area contributed by atoms with Gasteiger partial charge in [0.2, 0.25) is 0 Å². The van der Waals surface area contributed by atoms with Crippen molar-refractivity contribution in [1.82, 2.24) is 0 Å². The SMILES string of the molecule is CC/C=C/C/C=C/C/C=C/CCCCCCCCCCCCCC(=O)OCC(COCCC(C(=O)O)[N+](C)(C)C)OC(=O)CCCCCCCCCCCCCCCCCC. The van der Waals surface area contributed by atoms with Crippen molar-refractivity contribution in [2.24, 2.45) is 0 Å². The first-order valence-corrected chi connectivity index (χ1v) is 25.5. The second kappa shape index (κ2) is 44.2. The Hall–Kier alpha value is -2.45. The molecule has 0 saturated heterocycles. The van der Waals surface area contributed by atoms with Gasteiger partial charge < -0.3 is 23.8 Å². The molecule has 356 valence electrons. The number of carboxylic acids is 1. The van der Waals surface area contributed by atoms with Crippen LogP contribution in [0.2, 0.25) is 0 Å². The maximum absolute atomic E-state index is 12.8. The van der Waals surface area contributed by atoms with E-state index in [9.17, 15) is 19.5 Å². The van der Waals surface area contributed by atoms with E-state index in [-0.39, 0.29) is 36.2 Å². The number of rotatable bonds is 46. The van der Waals surface area contributed by atoms with Gasteiger partial charge in [-0.2, -0.15) is 0 Å². The summed E-state index contributed by atoms with van der Waals surface area (Å²) in [5.41, 5.74) is 0. The van der Waals surface area contributed by atoms with Crippen LogP contribution < -0.4 is 0 Å². The van der Waals surface area contributed by atoms with Crippen LogP contribution >= 0.6 is 0 Å². The minimum Gasteiger partial charge on any atom is -0.477 e. The quantitative estimate of drug-likeness (QED) is 0.0282. The average Bonchev–Trinajstić information content (AvgIpc) is 3.22. The standard InChI is InChI=1S/C53H97NO7/c1-6-8-10-12-14-16-18-20-22-24-25-26-27-28-30-31-33-35-37-39-41-43-51(55)60-48-49(47-59-46-45-50(53(57)58)54(3,4)5)61-52(56)44-42-40-38-36-34-32-29-23-21-19-17-15-13-11-9-7-2/h8,10,14,16,20,22,49-50H,6-7,9,11-13,15,17-19,21,23-48H2,1-5H3/p+1/b10-8+,16-14+,22-20+. The number of nitrogens with zero attached hydrogens (tertiary/aromatic N) is 1. The van der Waals surface area contributed by atoms with Gasteiger partial charge in [-0.3, -0.25) is 9.59 Å². The van der Waals surface area contributed by atoms with E-state index in [0.717, 1.165) is 57.8 Å². The number of hydrogen-bond donors (Lipinski definition) is 1. The number of likely N-dealkylation sites (N-methyl/N-ethyl adjacent to an activating group) is 1. The van der Waals surface area contributed by atoms with Crippen LogP contribution in [0.3, 0.4) is 0 Å². The molecule has 8 heteroatoms. The van der Waals surface area contributed by atoms with Crippen LogP contribution in [0, 0.1) is 0 Å². The van der Waals surface area contributed by atoms with Gasteiger partial charge >= 0.3 is 17.9 Å². The largest absolute Gasteiger partial charge is 0.477 e. The Morgan fingerprint density at radius 1 is 0.508 bits per heavy atom. The number of quaternary nitrogens is 1. The summed E-state index contributed by atoms with van der Waals surface area (Å²) in [5, 5.41) is 9.65. The summed E-state index contributed by atoms with van der Waals surface area (Å²) in [6.45, 7) is 4.66. The lowest BCUT2D eigenvalue weighted by atomic mass is 10.0. The second-order valence-corrected chi connectivity index (χ2v) is 18.4. The Morgan fingerprint density at radius 2 is 0.918 bits per heavy atom. The van der Waals surface area contributed by atoms with Crippen LogP contribution in [0.4, 0.5) is 0 Å². The Kier molecular flexibility index (Phi) is 42.4. The number of unbranched alkanes of at least 4 members (excludes halogenated alkanes) is 26. The van der Waals surface area contributed by atoms with Gasteiger partial charge in [-0.05, 0) is 44.9 Å². The third-order valence-electron chi connectivity index (χ3n) is 11.6. The van der Waals surface area contributed by atoms with Crippen LogP contribution in [0.15, 0.2) is 36.5 Å². The number of carbonyl (C=O) groups excluding carboxylic acids is 2. The number of esters is 2. The summed E-state index contributed by atoms with van der Waals surface area (Å²) < 4.78 is 17.4. The van der Waals surface area contributed by atoms with Crippen molar-refractivity contribution in [3.05, 3.63) is 36.5 Å². The third kappa shape index (κ3) is 42.6. The van der Waals surface area contributed by atoms with Gasteiger partial charge in [0.25, 0.3) is 0 Å².